The molecule has 0 aromatic heterocycles. The molecule has 3 rings (SSSR count). The molecule has 0 saturated carbocycles. The van der Waals surface area contributed by atoms with Crippen molar-refractivity contribution < 1.29 is 23.5 Å². The van der Waals surface area contributed by atoms with Gasteiger partial charge < -0.3 is 14.8 Å². The average Bonchev–Trinajstić information content (AvgIpc) is 2.80. The SMILES string of the molecule is COc1cc(C=NNC(=O)CC(=O)Nc2ccc(F)cc2)cc(Br)c1OCc1ccc(Cl)cc1. The Balaban J connectivity index is 1.55. The van der Waals surface area contributed by atoms with Crippen LogP contribution in [0.4, 0.5) is 10.1 Å². The molecule has 34 heavy (non-hydrogen) atoms. The zero-order chi connectivity index (χ0) is 24.5. The Morgan fingerprint density at radius 3 is 2.47 bits per heavy atom. The van der Waals surface area contributed by atoms with Gasteiger partial charge in [0.25, 0.3) is 0 Å². The highest BCUT2D eigenvalue weighted by atomic mass is 79.9. The van der Waals surface area contributed by atoms with Crippen molar-refractivity contribution in [3.05, 3.63) is 87.1 Å². The molecule has 0 spiro atoms. The van der Waals surface area contributed by atoms with Crippen LogP contribution in [0, 0.1) is 5.82 Å². The number of carbonyl (C=O) groups is 2. The molecule has 2 N–H and O–H groups in total. The summed E-state index contributed by atoms with van der Waals surface area (Å²) in [4.78, 5) is 23.9. The molecule has 2 amide bonds. The Morgan fingerprint density at radius 2 is 1.79 bits per heavy atom. The number of halogens is 3. The fraction of sp³-hybridized carbons (Fsp3) is 0.125. The van der Waals surface area contributed by atoms with E-state index in [9.17, 15) is 14.0 Å². The predicted octanol–water partition coefficient (Wildman–Crippen LogP) is 5.31. The first kappa shape index (κ1) is 25.2. The van der Waals surface area contributed by atoms with Crippen molar-refractivity contribution in [2.45, 2.75) is 13.0 Å². The van der Waals surface area contributed by atoms with Crippen LogP contribution in [0.15, 0.2) is 70.2 Å². The molecule has 3 aromatic rings. The van der Waals surface area contributed by atoms with Crippen molar-refractivity contribution in [1.29, 1.82) is 0 Å². The van der Waals surface area contributed by atoms with E-state index in [1.165, 1.54) is 37.6 Å². The molecule has 7 nitrogen and oxygen atoms in total. The predicted molar refractivity (Wildman–Crippen MR) is 132 cm³/mol. The number of amides is 2. The molecule has 0 aliphatic heterocycles. The smallest absolute Gasteiger partial charge is 0.249 e. The first-order valence-electron chi connectivity index (χ1n) is 9.96. The maximum Gasteiger partial charge on any atom is 0.249 e. The van der Waals surface area contributed by atoms with Crippen LogP contribution in [0.3, 0.4) is 0 Å². The quantitative estimate of drug-likeness (QED) is 0.216. The number of nitrogens with one attached hydrogen (secondary N) is 2. The summed E-state index contributed by atoms with van der Waals surface area (Å²) in [5.41, 5.74) is 4.24. The van der Waals surface area contributed by atoms with Crippen molar-refractivity contribution in [1.82, 2.24) is 5.43 Å². The molecule has 176 valence electrons. The van der Waals surface area contributed by atoms with Gasteiger partial charge in [-0.3, -0.25) is 9.59 Å². The Kier molecular flexibility index (Phi) is 9.00. The number of hydrazone groups is 1. The van der Waals surface area contributed by atoms with Crippen LogP contribution in [0.1, 0.15) is 17.5 Å². The third-order valence-electron chi connectivity index (χ3n) is 4.40. The van der Waals surface area contributed by atoms with Crippen LogP contribution in [-0.4, -0.2) is 25.1 Å². The molecule has 3 aromatic carbocycles. The maximum atomic E-state index is 12.9. The molecular formula is C24H20BrClFN3O4. The van der Waals surface area contributed by atoms with Gasteiger partial charge in [-0.05, 0) is 75.6 Å². The van der Waals surface area contributed by atoms with Gasteiger partial charge in [0, 0.05) is 10.7 Å². The third kappa shape index (κ3) is 7.57. The van der Waals surface area contributed by atoms with Gasteiger partial charge in [0.15, 0.2) is 11.5 Å². The van der Waals surface area contributed by atoms with Gasteiger partial charge in [0.05, 0.1) is 17.8 Å². The lowest BCUT2D eigenvalue weighted by atomic mass is 10.2. The molecule has 0 radical (unpaired) electrons. The van der Waals surface area contributed by atoms with Gasteiger partial charge in [0.1, 0.15) is 18.8 Å². The fourth-order valence-corrected chi connectivity index (χ4v) is 3.49. The molecule has 0 bridgehead atoms. The third-order valence-corrected chi connectivity index (χ3v) is 5.24. The minimum Gasteiger partial charge on any atom is -0.493 e. The van der Waals surface area contributed by atoms with E-state index in [0.29, 0.717) is 38.9 Å². The van der Waals surface area contributed by atoms with Crippen LogP contribution in [0.2, 0.25) is 5.02 Å². The van der Waals surface area contributed by atoms with E-state index >= 15 is 0 Å². The molecule has 0 unspecified atom stereocenters. The van der Waals surface area contributed by atoms with Gasteiger partial charge in [-0.25, -0.2) is 9.82 Å². The number of rotatable bonds is 9. The van der Waals surface area contributed by atoms with E-state index in [1.807, 2.05) is 12.1 Å². The summed E-state index contributed by atoms with van der Waals surface area (Å²) in [6.45, 7) is 0.315. The fourth-order valence-electron chi connectivity index (χ4n) is 2.79. The second kappa shape index (κ2) is 12.2. The van der Waals surface area contributed by atoms with Gasteiger partial charge in [-0.1, -0.05) is 23.7 Å². The highest BCUT2D eigenvalue weighted by Gasteiger charge is 2.12. The molecule has 0 aliphatic carbocycles. The van der Waals surface area contributed by atoms with Gasteiger partial charge in [-0.2, -0.15) is 5.10 Å². The largest absolute Gasteiger partial charge is 0.493 e. The van der Waals surface area contributed by atoms with Crippen molar-refractivity contribution >= 4 is 51.2 Å². The van der Waals surface area contributed by atoms with E-state index < -0.39 is 24.1 Å². The second-order valence-corrected chi connectivity index (χ2v) is 8.27. The van der Waals surface area contributed by atoms with Crippen LogP contribution in [0.5, 0.6) is 11.5 Å². The number of hydrogen-bond donors (Lipinski definition) is 2. The lowest BCUT2D eigenvalue weighted by Crippen LogP contribution is -2.24. The number of benzene rings is 3. The van der Waals surface area contributed by atoms with Crippen molar-refractivity contribution in [2.75, 3.05) is 12.4 Å². The van der Waals surface area contributed by atoms with Crippen LogP contribution >= 0.6 is 27.5 Å². The molecule has 0 fully saturated rings. The lowest BCUT2D eigenvalue weighted by Gasteiger charge is -2.13. The molecule has 0 saturated heterocycles. The van der Waals surface area contributed by atoms with E-state index in [-0.39, 0.29) is 0 Å². The highest BCUT2D eigenvalue weighted by molar-refractivity contribution is 9.10. The normalized spacial score (nSPS) is 10.7. The van der Waals surface area contributed by atoms with Crippen molar-refractivity contribution in [3.8, 4) is 11.5 Å². The van der Waals surface area contributed by atoms with E-state index in [0.717, 1.165) is 5.56 Å². The summed E-state index contributed by atoms with van der Waals surface area (Å²) in [6, 6.07) is 16.0. The van der Waals surface area contributed by atoms with E-state index in [1.54, 1.807) is 24.3 Å². The number of hydrogen-bond acceptors (Lipinski definition) is 5. The highest BCUT2D eigenvalue weighted by Crippen LogP contribution is 2.36. The monoisotopic (exact) mass is 547 g/mol. The van der Waals surface area contributed by atoms with Crippen molar-refractivity contribution in [2.24, 2.45) is 5.10 Å². The van der Waals surface area contributed by atoms with Gasteiger partial charge >= 0.3 is 0 Å². The summed E-state index contributed by atoms with van der Waals surface area (Å²) in [7, 11) is 1.51. The number of nitrogens with zero attached hydrogens (tertiary/aromatic N) is 1. The maximum absolute atomic E-state index is 12.9. The Labute approximate surface area is 209 Å². The first-order chi connectivity index (χ1) is 16.3. The Morgan fingerprint density at radius 1 is 1.09 bits per heavy atom. The summed E-state index contributed by atoms with van der Waals surface area (Å²) in [5.74, 6) is -0.601. The van der Waals surface area contributed by atoms with Crippen LogP contribution in [0.25, 0.3) is 0 Å². The van der Waals surface area contributed by atoms with Gasteiger partial charge in [0.2, 0.25) is 11.8 Å². The van der Waals surface area contributed by atoms with E-state index in [4.69, 9.17) is 21.1 Å². The zero-order valence-electron chi connectivity index (χ0n) is 18.0. The van der Waals surface area contributed by atoms with Gasteiger partial charge in [-0.15, -0.1) is 0 Å². The lowest BCUT2D eigenvalue weighted by molar-refractivity contribution is -0.126. The number of anilines is 1. The molecule has 10 heteroatoms. The minimum absolute atomic E-state index is 0.315. The standard InChI is InChI=1S/C24H20BrClFN3O4/c1-33-21-11-16(10-20(25)24(21)34-14-15-2-4-17(26)5-3-15)13-28-30-23(32)12-22(31)29-19-8-6-18(27)7-9-19/h2-11,13H,12,14H2,1H3,(H,29,31)(H,30,32). The van der Waals surface area contributed by atoms with E-state index in [2.05, 4.69) is 31.8 Å². The summed E-state index contributed by atoms with van der Waals surface area (Å²) in [5, 5.41) is 7.02. The Bertz CT molecular complexity index is 1190. The topological polar surface area (TPSA) is 89.0 Å². The summed E-state index contributed by atoms with van der Waals surface area (Å²) < 4.78 is 24.9. The zero-order valence-corrected chi connectivity index (χ0v) is 20.3. The van der Waals surface area contributed by atoms with Crippen molar-refractivity contribution in [3.63, 3.8) is 0 Å². The number of methoxy groups -OCH3 is 1. The molecule has 0 aliphatic rings. The molecular weight excluding hydrogens is 529 g/mol. The minimum atomic E-state index is -0.607. The molecule has 0 atom stereocenters. The average molecular weight is 549 g/mol. The summed E-state index contributed by atoms with van der Waals surface area (Å²) in [6.07, 6.45) is 0.964. The Hall–Kier alpha value is -3.43. The first-order valence-corrected chi connectivity index (χ1v) is 11.1. The van der Waals surface area contributed by atoms with Crippen LogP contribution in [-0.2, 0) is 16.2 Å². The number of carbonyl (C=O) groups excluding carboxylic acids is 2. The van der Waals surface area contributed by atoms with Crippen LogP contribution < -0.4 is 20.2 Å². The second-order valence-electron chi connectivity index (χ2n) is 6.97. The summed E-state index contributed by atoms with van der Waals surface area (Å²) >= 11 is 9.37. The molecule has 0 heterocycles. The number of ether oxygens (including phenoxy) is 2.